The van der Waals surface area contributed by atoms with Crippen molar-refractivity contribution in [2.24, 2.45) is 0 Å². The monoisotopic (exact) mass is 313 g/mol. The van der Waals surface area contributed by atoms with Crippen LogP contribution in [-0.2, 0) is 20.9 Å². The van der Waals surface area contributed by atoms with E-state index in [0.717, 1.165) is 29.6 Å². The van der Waals surface area contributed by atoms with E-state index in [-0.39, 0.29) is 0 Å². The molecule has 1 aromatic carbocycles. The Hall–Kier alpha value is -1.16. The van der Waals surface area contributed by atoms with Crippen LogP contribution in [0.5, 0.6) is 0 Å². The molecule has 0 fully saturated rings. The molecule has 9 heteroatoms. The first kappa shape index (κ1) is 16.9. The average molecular weight is 313 g/mol. The molecule has 1 unspecified atom stereocenters. The van der Waals surface area contributed by atoms with Gasteiger partial charge in [0.1, 0.15) is 13.0 Å². The molecule has 114 valence electrons. The number of sulfonamides is 1. The molecule has 0 aliphatic carbocycles. The standard InChI is InChI=1S/C11H14F3NO4S/c1-8(19-7-16)15(2)20(17,18)10-5-3-4-9(6-10)11(12,13)14/h3-6,8,16H,7H2,1-2H3. The van der Waals surface area contributed by atoms with Crippen molar-refractivity contribution in [1.82, 2.24) is 4.31 Å². The Bertz CT molecular complexity index is 559. The van der Waals surface area contributed by atoms with Crippen LogP contribution >= 0.6 is 0 Å². The van der Waals surface area contributed by atoms with E-state index in [9.17, 15) is 21.6 Å². The van der Waals surface area contributed by atoms with Crippen molar-refractivity contribution in [3.63, 3.8) is 0 Å². The smallest absolute Gasteiger partial charge is 0.371 e. The van der Waals surface area contributed by atoms with Gasteiger partial charge in [-0.2, -0.15) is 17.5 Å². The van der Waals surface area contributed by atoms with Crippen LogP contribution < -0.4 is 0 Å². The van der Waals surface area contributed by atoms with Gasteiger partial charge in [-0.1, -0.05) is 6.07 Å². The van der Waals surface area contributed by atoms with Crippen LogP contribution in [0.2, 0.25) is 0 Å². The second-order valence-electron chi connectivity index (χ2n) is 3.94. The molecular weight excluding hydrogens is 299 g/mol. The first-order valence-corrected chi connectivity index (χ1v) is 6.92. The predicted molar refractivity (Wildman–Crippen MR) is 64.0 cm³/mol. The number of hydrogen-bond donors (Lipinski definition) is 1. The molecule has 0 radical (unpaired) electrons. The van der Waals surface area contributed by atoms with Crippen molar-refractivity contribution < 1.29 is 31.4 Å². The number of hydrogen-bond acceptors (Lipinski definition) is 4. The molecule has 1 aromatic rings. The van der Waals surface area contributed by atoms with Gasteiger partial charge in [-0.05, 0) is 25.1 Å². The highest BCUT2D eigenvalue weighted by molar-refractivity contribution is 7.89. The highest BCUT2D eigenvalue weighted by Gasteiger charge is 2.33. The van der Waals surface area contributed by atoms with E-state index in [0.29, 0.717) is 6.07 Å². The Balaban J connectivity index is 3.16. The van der Waals surface area contributed by atoms with Gasteiger partial charge in [-0.25, -0.2) is 8.42 Å². The van der Waals surface area contributed by atoms with Crippen molar-refractivity contribution in [1.29, 1.82) is 0 Å². The second-order valence-corrected chi connectivity index (χ2v) is 5.94. The lowest BCUT2D eigenvalue weighted by Gasteiger charge is -2.23. The fourth-order valence-electron chi connectivity index (χ4n) is 1.41. The third kappa shape index (κ3) is 3.69. The number of halogens is 3. The number of aliphatic hydroxyl groups is 1. The van der Waals surface area contributed by atoms with Crippen molar-refractivity contribution in [3.05, 3.63) is 29.8 Å². The molecule has 0 aliphatic heterocycles. The zero-order valence-electron chi connectivity index (χ0n) is 10.8. The number of nitrogens with zero attached hydrogens (tertiary/aromatic N) is 1. The first-order chi connectivity index (χ1) is 9.10. The van der Waals surface area contributed by atoms with Crippen LogP contribution in [0.4, 0.5) is 13.2 Å². The minimum atomic E-state index is -4.63. The summed E-state index contributed by atoms with van der Waals surface area (Å²) in [6, 6.07) is 3.41. The molecule has 0 heterocycles. The van der Waals surface area contributed by atoms with Crippen LogP contribution in [0, 0.1) is 0 Å². The number of alkyl halides is 3. The van der Waals surface area contributed by atoms with Gasteiger partial charge in [0.2, 0.25) is 10.0 Å². The summed E-state index contributed by atoms with van der Waals surface area (Å²) in [4.78, 5) is -0.497. The van der Waals surface area contributed by atoms with E-state index in [4.69, 9.17) is 5.11 Å². The molecule has 0 saturated carbocycles. The van der Waals surface area contributed by atoms with Crippen LogP contribution in [0.1, 0.15) is 12.5 Å². The molecule has 0 aromatic heterocycles. The van der Waals surface area contributed by atoms with Crippen LogP contribution in [0.3, 0.4) is 0 Å². The maximum absolute atomic E-state index is 12.6. The van der Waals surface area contributed by atoms with Gasteiger partial charge in [0.25, 0.3) is 0 Å². The van der Waals surface area contributed by atoms with E-state index < -0.39 is 39.7 Å². The van der Waals surface area contributed by atoms with Gasteiger partial charge in [-0.15, -0.1) is 0 Å². The zero-order chi connectivity index (χ0) is 15.6. The summed E-state index contributed by atoms with van der Waals surface area (Å²) < 4.78 is 67.4. The van der Waals surface area contributed by atoms with Gasteiger partial charge >= 0.3 is 6.18 Å². The largest absolute Gasteiger partial charge is 0.416 e. The molecule has 5 nitrogen and oxygen atoms in total. The van der Waals surface area contributed by atoms with Crippen LogP contribution in [-0.4, -0.2) is 37.9 Å². The van der Waals surface area contributed by atoms with E-state index in [1.54, 1.807) is 0 Å². The number of ether oxygens (including phenoxy) is 1. The van der Waals surface area contributed by atoms with E-state index in [2.05, 4.69) is 4.74 Å². The summed E-state index contributed by atoms with van der Waals surface area (Å²) >= 11 is 0. The van der Waals surface area contributed by atoms with Crippen LogP contribution in [0.25, 0.3) is 0 Å². The molecule has 20 heavy (non-hydrogen) atoms. The maximum Gasteiger partial charge on any atom is 0.416 e. The lowest BCUT2D eigenvalue weighted by atomic mass is 10.2. The number of benzene rings is 1. The van der Waals surface area contributed by atoms with E-state index >= 15 is 0 Å². The van der Waals surface area contributed by atoms with E-state index in [1.807, 2.05) is 0 Å². The zero-order valence-corrected chi connectivity index (χ0v) is 11.6. The van der Waals surface area contributed by atoms with Crippen molar-refractivity contribution in [2.45, 2.75) is 24.2 Å². The topological polar surface area (TPSA) is 66.8 Å². The van der Waals surface area contributed by atoms with Crippen molar-refractivity contribution >= 4 is 10.0 Å². The third-order valence-electron chi connectivity index (χ3n) is 2.67. The second kappa shape index (κ2) is 6.08. The van der Waals surface area contributed by atoms with E-state index in [1.165, 1.54) is 6.92 Å². The van der Waals surface area contributed by atoms with Gasteiger partial charge in [0.15, 0.2) is 0 Å². The molecule has 1 N–H and O–H groups in total. The molecule has 0 amide bonds. The van der Waals surface area contributed by atoms with Gasteiger partial charge in [0, 0.05) is 7.05 Å². The average Bonchev–Trinajstić information content (AvgIpc) is 2.37. The molecule has 0 saturated heterocycles. The normalized spacial score (nSPS) is 14.6. The Morgan fingerprint density at radius 2 is 2.00 bits per heavy atom. The van der Waals surface area contributed by atoms with Crippen molar-refractivity contribution in [3.8, 4) is 0 Å². The molecule has 1 atom stereocenters. The fourth-order valence-corrected chi connectivity index (χ4v) is 2.72. The summed E-state index contributed by atoms with van der Waals surface area (Å²) in [5.41, 5.74) is -1.05. The third-order valence-corrected chi connectivity index (χ3v) is 4.57. The number of rotatable bonds is 5. The lowest BCUT2D eigenvalue weighted by Crippen LogP contribution is -2.37. The minimum absolute atomic E-state index is 0.497. The van der Waals surface area contributed by atoms with Gasteiger partial charge < -0.3 is 9.84 Å². The quantitative estimate of drug-likeness (QED) is 0.839. The number of aliphatic hydroxyl groups excluding tert-OH is 1. The molecule has 0 bridgehead atoms. The highest BCUT2D eigenvalue weighted by atomic mass is 32.2. The Kier molecular flexibility index (Phi) is 5.14. The Morgan fingerprint density at radius 3 is 2.50 bits per heavy atom. The predicted octanol–water partition coefficient (Wildman–Crippen LogP) is 1.64. The highest BCUT2D eigenvalue weighted by Crippen LogP contribution is 2.31. The lowest BCUT2D eigenvalue weighted by molar-refractivity contribution is -0.137. The summed E-state index contributed by atoms with van der Waals surface area (Å²) in [5.74, 6) is 0. The van der Waals surface area contributed by atoms with Gasteiger partial charge in [0.05, 0.1) is 10.5 Å². The Labute approximate surface area is 114 Å². The summed E-state index contributed by atoms with van der Waals surface area (Å²) in [5, 5.41) is 8.58. The summed E-state index contributed by atoms with van der Waals surface area (Å²) in [7, 11) is -3.00. The van der Waals surface area contributed by atoms with Crippen molar-refractivity contribution in [2.75, 3.05) is 13.8 Å². The SMILES string of the molecule is CC(OCO)N(C)S(=O)(=O)c1cccc(C(F)(F)F)c1. The van der Waals surface area contributed by atoms with Gasteiger partial charge in [-0.3, -0.25) is 0 Å². The Morgan fingerprint density at radius 1 is 1.40 bits per heavy atom. The molecule has 1 rings (SSSR count). The summed E-state index contributed by atoms with van der Waals surface area (Å²) in [6.45, 7) is 0.644. The molecule has 0 spiro atoms. The van der Waals surface area contributed by atoms with Crippen LogP contribution in [0.15, 0.2) is 29.2 Å². The minimum Gasteiger partial charge on any atom is -0.371 e. The first-order valence-electron chi connectivity index (χ1n) is 5.48. The summed E-state index contributed by atoms with van der Waals surface area (Å²) in [6.07, 6.45) is -5.64. The fraction of sp³-hybridized carbons (Fsp3) is 0.455. The molecular formula is C11H14F3NO4S. The molecule has 0 aliphatic rings. The maximum atomic E-state index is 12.6.